The summed E-state index contributed by atoms with van der Waals surface area (Å²) in [7, 11) is -4.44. The molecule has 0 radical (unpaired) electrons. The lowest BCUT2D eigenvalue weighted by Gasteiger charge is -2.15. The van der Waals surface area contributed by atoms with Crippen LogP contribution in [0.25, 0.3) is 44.5 Å². The van der Waals surface area contributed by atoms with E-state index < -0.39 is 22.4 Å². The van der Waals surface area contributed by atoms with Crippen LogP contribution in [0.15, 0.2) is 114 Å². The van der Waals surface area contributed by atoms with Crippen molar-refractivity contribution in [3.05, 3.63) is 131 Å². The summed E-state index contributed by atoms with van der Waals surface area (Å²) in [6.07, 6.45) is -1.26. The molecule has 0 spiro atoms. The predicted octanol–water partition coefficient (Wildman–Crippen LogP) is 8.44. The number of aromatic carboxylic acids is 1. The van der Waals surface area contributed by atoms with Crippen molar-refractivity contribution in [3.63, 3.8) is 0 Å². The maximum atomic E-state index is 14.4. The fourth-order valence-electron chi connectivity index (χ4n) is 5.26. The topological polar surface area (TPSA) is 113 Å². The Hall–Kier alpha value is -5.37. The van der Waals surface area contributed by atoms with Crippen molar-refractivity contribution in [2.45, 2.75) is 11.3 Å². The van der Waals surface area contributed by atoms with Gasteiger partial charge in [0, 0.05) is 39.0 Å². The van der Waals surface area contributed by atoms with Crippen LogP contribution in [0.3, 0.4) is 0 Å². The number of carboxylic acid groups (broad SMARTS) is 1. The normalized spacial score (nSPS) is 11.5. The van der Waals surface area contributed by atoms with Crippen molar-refractivity contribution >= 4 is 38.6 Å². The van der Waals surface area contributed by atoms with Crippen LogP contribution >= 0.6 is 11.6 Å². The summed E-state index contributed by atoms with van der Waals surface area (Å²) in [5.41, 5.74) is 2.97. The Morgan fingerprint density at radius 2 is 1.62 bits per heavy atom. The number of carbonyl (C=O) groups is 1. The number of carboxylic acids is 1. The molecule has 4 aromatic carbocycles. The van der Waals surface area contributed by atoms with Gasteiger partial charge in [-0.3, -0.25) is 4.98 Å². The molecule has 0 bridgehead atoms. The van der Waals surface area contributed by atoms with Crippen LogP contribution < -0.4 is 0 Å². The van der Waals surface area contributed by atoms with Crippen molar-refractivity contribution in [3.8, 4) is 39.6 Å². The van der Waals surface area contributed by atoms with E-state index in [9.17, 15) is 32.4 Å². The number of hydrogen-bond donors (Lipinski definition) is 1. The lowest BCUT2D eigenvalue weighted by molar-refractivity contribution is 0.0697. The highest BCUT2D eigenvalue weighted by atomic mass is 35.5. The highest BCUT2D eigenvalue weighted by Gasteiger charge is 2.30. The first-order valence-corrected chi connectivity index (χ1v) is 15.2. The molecule has 0 saturated carbocycles. The monoisotopic (exact) mass is 639 g/mol. The first kappa shape index (κ1) is 29.7. The van der Waals surface area contributed by atoms with Gasteiger partial charge in [-0.1, -0.05) is 66.2 Å². The number of nitriles is 1. The van der Waals surface area contributed by atoms with Crippen LogP contribution in [0.5, 0.6) is 0 Å². The van der Waals surface area contributed by atoms with Gasteiger partial charge in [0.2, 0.25) is 0 Å². The van der Waals surface area contributed by atoms with E-state index in [0.29, 0.717) is 33.3 Å². The summed E-state index contributed by atoms with van der Waals surface area (Å²) >= 11 is 6.49. The number of nitrogens with zero attached hydrogens (tertiary/aromatic N) is 3. The van der Waals surface area contributed by atoms with Crippen molar-refractivity contribution < 1.29 is 27.1 Å². The van der Waals surface area contributed by atoms with Gasteiger partial charge in [-0.2, -0.15) is 5.26 Å². The Morgan fingerprint density at radius 1 is 0.889 bits per heavy atom. The lowest BCUT2D eigenvalue weighted by Crippen LogP contribution is -2.14. The van der Waals surface area contributed by atoms with Crippen molar-refractivity contribution in [1.82, 2.24) is 8.96 Å². The Morgan fingerprint density at radius 3 is 2.31 bits per heavy atom. The van der Waals surface area contributed by atoms with Crippen molar-refractivity contribution in [2.75, 3.05) is 0 Å². The molecule has 6 aromatic rings. The molecular formula is C34H20ClF2N3O4S. The van der Waals surface area contributed by atoms with Gasteiger partial charge in [0.1, 0.15) is 0 Å². The highest BCUT2D eigenvalue weighted by molar-refractivity contribution is 7.90. The summed E-state index contributed by atoms with van der Waals surface area (Å²) < 4.78 is 56.6. The Bertz CT molecular complexity index is 2280. The molecular weight excluding hydrogens is 620 g/mol. The molecule has 0 amide bonds. The minimum atomic E-state index is -4.44. The summed E-state index contributed by atoms with van der Waals surface area (Å²) in [5.74, 6) is -1.14. The van der Waals surface area contributed by atoms with Gasteiger partial charge < -0.3 is 5.11 Å². The van der Waals surface area contributed by atoms with Gasteiger partial charge >= 0.3 is 5.97 Å². The molecule has 0 aliphatic rings. The summed E-state index contributed by atoms with van der Waals surface area (Å²) in [5, 5.41) is 19.6. The van der Waals surface area contributed by atoms with Gasteiger partial charge in [-0.15, -0.1) is 0 Å². The average molecular weight is 640 g/mol. The largest absolute Gasteiger partial charge is 0.478 e. The Kier molecular flexibility index (Phi) is 7.66. The molecule has 0 unspecified atom stereocenters. The second-order valence-electron chi connectivity index (χ2n) is 9.97. The number of halogens is 3. The lowest BCUT2D eigenvalue weighted by atomic mass is 9.95. The van der Waals surface area contributed by atoms with Crippen LogP contribution in [0.1, 0.15) is 27.9 Å². The second kappa shape index (κ2) is 11.6. The third kappa shape index (κ3) is 5.22. The maximum Gasteiger partial charge on any atom is 0.335 e. The zero-order valence-corrected chi connectivity index (χ0v) is 24.6. The molecule has 6 rings (SSSR count). The third-order valence-corrected chi connectivity index (χ3v) is 9.37. The van der Waals surface area contributed by atoms with Crippen LogP contribution in [0.2, 0.25) is 5.02 Å². The summed E-state index contributed by atoms with van der Waals surface area (Å²) in [6.45, 7) is 0. The van der Waals surface area contributed by atoms with Crippen LogP contribution in [0, 0.1) is 11.3 Å². The minimum Gasteiger partial charge on any atom is -0.478 e. The van der Waals surface area contributed by atoms with E-state index in [1.54, 1.807) is 66.7 Å². The zero-order valence-electron chi connectivity index (χ0n) is 23.0. The maximum absolute atomic E-state index is 14.4. The summed E-state index contributed by atoms with van der Waals surface area (Å²) in [6, 6.07) is 27.6. The fraction of sp³-hybridized carbons (Fsp3) is 0.0294. The van der Waals surface area contributed by atoms with Gasteiger partial charge in [-0.25, -0.2) is 26.0 Å². The number of benzene rings is 4. The fourth-order valence-corrected chi connectivity index (χ4v) is 7.08. The minimum absolute atomic E-state index is 0.00505. The van der Waals surface area contributed by atoms with E-state index in [0.717, 1.165) is 28.2 Å². The number of pyridine rings is 1. The van der Waals surface area contributed by atoms with E-state index >= 15 is 0 Å². The van der Waals surface area contributed by atoms with E-state index in [-0.39, 0.29) is 37.8 Å². The number of aromatic nitrogens is 2. The highest BCUT2D eigenvalue weighted by Crippen LogP contribution is 2.44. The number of alkyl halides is 2. The van der Waals surface area contributed by atoms with Crippen molar-refractivity contribution in [1.29, 1.82) is 5.26 Å². The molecule has 11 heteroatoms. The molecule has 0 saturated heterocycles. The Labute approximate surface area is 261 Å². The molecule has 1 N–H and O–H groups in total. The predicted molar refractivity (Wildman–Crippen MR) is 167 cm³/mol. The van der Waals surface area contributed by atoms with E-state index in [1.165, 1.54) is 18.3 Å². The van der Waals surface area contributed by atoms with Crippen molar-refractivity contribution in [2.24, 2.45) is 0 Å². The molecule has 2 aromatic heterocycles. The molecule has 45 heavy (non-hydrogen) atoms. The van der Waals surface area contributed by atoms with Gasteiger partial charge in [0.15, 0.2) is 0 Å². The third-order valence-electron chi connectivity index (χ3n) is 7.33. The molecule has 0 aliphatic heterocycles. The summed E-state index contributed by atoms with van der Waals surface area (Å²) in [4.78, 5) is 15.8. The number of rotatable bonds is 7. The first-order valence-electron chi connectivity index (χ1n) is 13.4. The first-order chi connectivity index (χ1) is 21.6. The number of hydrogen-bond acceptors (Lipinski definition) is 5. The van der Waals surface area contributed by atoms with Crippen LogP contribution in [0.4, 0.5) is 8.78 Å². The van der Waals surface area contributed by atoms with Gasteiger partial charge in [0.25, 0.3) is 16.4 Å². The standard InChI is InChI=1S/C34H20ClF2N3O4S/c35-28-18-23(34(41)42)12-15-26(28)21-6-3-7-22(17-21)32-30(27-8-2-1-5-24(27)19-38)31-29(9-4-16-39-31)40(32)45(43,44)25-13-10-20(11-14-25)33(36)37/h1-18,33H,(H,41,42). The molecule has 2 heterocycles. The van der Waals surface area contributed by atoms with Crippen LogP contribution in [-0.4, -0.2) is 28.5 Å². The molecule has 0 atom stereocenters. The second-order valence-corrected chi connectivity index (χ2v) is 12.2. The van der Waals surface area contributed by atoms with Crippen LogP contribution in [-0.2, 0) is 10.0 Å². The molecule has 7 nitrogen and oxygen atoms in total. The van der Waals surface area contributed by atoms with E-state index in [4.69, 9.17) is 11.6 Å². The van der Waals surface area contributed by atoms with Gasteiger partial charge in [-0.05, 0) is 54.1 Å². The number of fused-ring (bicyclic) bond motifs is 1. The molecule has 0 fully saturated rings. The Balaban J connectivity index is 1.69. The smallest absolute Gasteiger partial charge is 0.335 e. The molecule has 0 aliphatic carbocycles. The molecule has 222 valence electrons. The van der Waals surface area contributed by atoms with Gasteiger partial charge in [0.05, 0.1) is 38.8 Å². The quantitative estimate of drug-likeness (QED) is 0.188. The average Bonchev–Trinajstić information content (AvgIpc) is 3.40. The SMILES string of the molecule is N#Cc1ccccc1-c1c(-c2cccc(-c3ccc(C(=O)O)cc3Cl)c2)n(S(=O)(=O)c2ccc(C(F)F)cc2)c2cccnc12. The van der Waals surface area contributed by atoms with E-state index in [2.05, 4.69) is 11.1 Å². The van der Waals surface area contributed by atoms with E-state index in [1.807, 2.05) is 0 Å². The zero-order chi connectivity index (χ0) is 31.9.